The molecule has 0 aromatic heterocycles. The quantitative estimate of drug-likeness (QED) is 0.249. The summed E-state index contributed by atoms with van der Waals surface area (Å²) in [6.45, 7) is 5.68. The zero-order valence-electron chi connectivity index (χ0n) is 12.0. The number of methoxy groups -OCH3 is 1. The number of hydrogen-bond donors (Lipinski definition) is 0. The van der Waals surface area contributed by atoms with Gasteiger partial charge in [0.05, 0.1) is 6.61 Å². The first-order chi connectivity index (χ1) is 8.61. The molecule has 4 nitrogen and oxygen atoms in total. The lowest BCUT2D eigenvalue weighted by molar-refractivity contribution is -0.148. The molecule has 5 heteroatoms. The second kappa shape index (κ2) is 13.3. The average molecular weight is 267 g/mol. The van der Waals surface area contributed by atoms with Crippen molar-refractivity contribution in [3.8, 4) is 0 Å². The monoisotopic (exact) mass is 267 g/mol. The van der Waals surface area contributed by atoms with E-state index in [4.69, 9.17) is 4.74 Å². The largest absolute Gasteiger partial charge is 0.464 e. The topological polar surface area (TPSA) is 52.6 Å². The van der Waals surface area contributed by atoms with Crippen molar-refractivity contribution >= 4 is 20.2 Å². The lowest BCUT2D eigenvalue weighted by atomic mass is 9.93. The van der Waals surface area contributed by atoms with Crippen LogP contribution in [-0.2, 0) is 19.1 Å². The highest BCUT2D eigenvalue weighted by atomic mass is 16.6. The molecular weight excluding hydrogens is 243 g/mol. The summed E-state index contributed by atoms with van der Waals surface area (Å²) in [5.41, 5.74) is 0. The SMILES string of the molecule is C=CCCC(CCCCOC(=O)COC)C(C)=O.[B]. The number of unbranched alkanes of at least 4 members (excludes halogenated alkanes) is 1. The number of carbonyl (C=O) groups excluding carboxylic acids is 2. The van der Waals surface area contributed by atoms with Crippen LogP contribution in [0.1, 0.15) is 39.0 Å². The van der Waals surface area contributed by atoms with E-state index in [1.165, 1.54) is 7.11 Å². The summed E-state index contributed by atoms with van der Waals surface area (Å²) < 4.78 is 9.59. The Kier molecular flexibility index (Phi) is 14.2. The predicted molar refractivity (Wildman–Crippen MR) is 76.0 cm³/mol. The van der Waals surface area contributed by atoms with E-state index in [-0.39, 0.29) is 32.7 Å². The molecule has 0 aliphatic heterocycles. The molecule has 3 radical (unpaired) electrons. The summed E-state index contributed by atoms with van der Waals surface area (Å²) in [5.74, 6) is -0.00169. The fraction of sp³-hybridized carbons (Fsp3) is 0.714. The summed E-state index contributed by atoms with van der Waals surface area (Å²) in [7, 11) is 1.46. The number of allylic oxidation sites excluding steroid dienone is 1. The van der Waals surface area contributed by atoms with E-state index in [0.717, 1.165) is 32.1 Å². The first-order valence-corrected chi connectivity index (χ1v) is 6.37. The lowest BCUT2D eigenvalue weighted by Crippen LogP contribution is -2.13. The molecule has 0 N–H and O–H groups in total. The molecule has 0 aromatic rings. The predicted octanol–water partition coefficient (Wildman–Crippen LogP) is 2.14. The third kappa shape index (κ3) is 11.7. The van der Waals surface area contributed by atoms with Crippen molar-refractivity contribution in [1.29, 1.82) is 0 Å². The van der Waals surface area contributed by atoms with Crippen LogP contribution in [0.4, 0.5) is 0 Å². The van der Waals surface area contributed by atoms with Crippen molar-refractivity contribution in [1.82, 2.24) is 0 Å². The van der Waals surface area contributed by atoms with Gasteiger partial charge in [-0.3, -0.25) is 4.79 Å². The number of rotatable bonds is 11. The van der Waals surface area contributed by atoms with Crippen LogP contribution in [0.25, 0.3) is 0 Å². The van der Waals surface area contributed by atoms with E-state index in [0.29, 0.717) is 6.61 Å². The van der Waals surface area contributed by atoms with Crippen molar-refractivity contribution in [2.24, 2.45) is 5.92 Å². The fourth-order valence-electron chi connectivity index (χ4n) is 1.71. The minimum Gasteiger partial charge on any atom is -0.464 e. The van der Waals surface area contributed by atoms with Gasteiger partial charge in [0.1, 0.15) is 12.4 Å². The molecule has 0 fully saturated rings. The van der Waals surface area contributed by atoms with Crippen LogP contribution in [-0.4, -0.2) is 40.5 Å². The third-order valence-corrected chi connectivity index (χ3v) is 2.77. The van der Waals surface area contributed by atoms with Crippen LogP contribution >= 0.6 is 0 Å². The number of Topliss-reactive ketones (excluding diaryl/α,β-unsaturated/α-hetero) is 1. The summed E-state index contributed by atoms with van der Waals surface area (Å²) in [4.78, 5) is 22.3. The highest BCUT2D eigenvalue weighted by Crippen LogP contribution is 2.16. The number of ether oxygens (including phenoxy) is 2. The van der Waals surface area contributed by atoms with Gasteiger partial charge in [-0.05, 0) is 39.0 Å². The first kappa shape index (κ1) is 20.2. The van der Waals surface area contributed by atoms with E-state index in [1.807, 2.05) is 6.08 Å². The lowest BCUT2D eigenvalue weighted by Gasteiger charge is -2.12. The smallest absolute Gasteiger partial charge is 0.332 e. The molecule has 0 saturated heterocycles. The average Bonchev–Trinajstić information content (AvgIpc) is 2.32. The molecule has 0 saturated carbocycles. The Labute approximate surface area is 118 Å². The second-order valence-corrected chi connectivity index (χ2v) is 4.32. The molecule has 1 atom stereocenters. The van der Waals surface area contributed by atoms with Gasteiger partial charge < -0.3 is 9.47 Å². The Balaban J connectivity index is 0. The van der Waals surface area contributed by atoms with Crippen LogP contribution < -0.4 is 0 Å². The van der Waals surface area contributed by atoms with Gasteiger partial charge in [-0.1, -0.05) is 6.08 Å². The molecule has 0 spiro atoms. The molecule has 0 aliphatic carbocycles. The number of esters is 1. The van der Waals surface area contributed by atoms with Gasteiger partial charge in [0, 0.05) is 21.4 Å². The Morgan fingerprint density at radius 1 is 1.26 bits per heavy atom. The highest BCUT2D eigenvalue weighted by molar-refractivity contribution is 5.78. The molecule has 1 unspecified atom stereocenters. The van der Waals surface area contributed by atoms with Gasteiger partial charge in [0.25, 0.3) is 0 Å². The Morgan fingerprint density at radius 2 is 1.95 bits per heavy atom. The molecular formula is C14H24BO4. The van der Waals surface area contributed by atoms with Crippen molar-refractivity contribution in [2.45, 2.75) is 39.0 Å². The van der Waals surface area contributed by atoms with E-state index in [9.17, 15) is 9.59 Å². The summed E-state index contributed by atoms with van der Waals surface area (Å²) in [5, 5.41) is 0. The molecule has 0 amide bonds. The second-order valence-electron chi connectivity index (χ2n) is 4.32. The zero-order chi connectivity index (χ0) is 13.8. The summed E-state index contributed by atoms with van der Waals surface area (Å²) in [6.07, 6.45) is 6.10. The minimum absolute atomic E-state index is 0. The van der Waals surface area contributed by atoms with Gasteiger partial charge in [0.2, 0.25) is 0 Å². The Hall–Kier alpha value is -1.10. The van der Waals surface area contributed by atoms with Crippen LogP contribution in [0.2, 0.25) is 0 Å². The normalized spacial score (nSPS) is 11.3. The summed E-state index contributed by atoms with van der Waals surface area (Å²) >= 11 is 0. The Morgan fingerprint density at radius 3 is 2.47 bits per heavy atom. The van der Waals surface area contributed by atoms with Crippen molar-refractivity contribution in [3.05, 3.63) is 12.7 Å². The standard InChI is InChI=1S/C14H24O4.B/c1-4-5-8-13(12(2)15)9-6-7-10-18-14(16)11-17-3;/h4,13H,1,5-11H2,2-3H3;. The number of hydrogen-bond acceptors (Lipinski definition) is 4. The highest BCUT2D eigenvalue weighted by Gasteiger charge is 2.12. The van der Waals surface area contributed by atoms with Crippen molar-refractivity contribution in [2.75, 3.05) is 20.3 Å². The summed E-state index contributed by atoms with van der Waals surface area (Å²) in [6, 6.07) is 0. The van der Waals surface area contributed by atoms with Crippen molar-refractivity contribution < 1.29 is 19.1 Å². The molecule has 0 rings (SSSR count). The van der Waals surface area contributed by atoms with Crippen LogP contribution in [0.15, 0.2) is 12.7 Å². The van der Waals surface area contributed by atoms with Crippen molar-refractivity contribution in [3.63, 3.8) is 0 Å². The molecule has 0 bridgehead atoms. The molecule has 107 valence electrons. The van der Waals surface area contributed by atoms with Crippen LogP contribution in [0.5, 0.6) is 0 Å². The maximum atomic E-state index is 11.4. The molecule has 0 aromatic carbocycles. The fourth-order valence-corrected chi connectivity index (χ4v) is 1.71. The van der Waals surface area contributed by atoms with E-state index in [1.54, 1.807) is 6.92 Å². The molecule has 0 aliphatic rings. The maximum Gasteiger partial charge on any atom is 0.332 e. The van der Waals surface area contributed by atoms with E-state index in [2.05, 4.69) is 11.3 Å². The maximum absolute atomic E-state index is 11.4. The number of ketones is 1. The van der Waals surface area contributed by atoms with Crippen LogP contribution in [0, 0.1) is 5.92 Å². The van der Waals surface area contributed by atoms with Gasteiger partial charge in [-0.2, -0.15) is 0 Å². The van der Waals surface area contributed by atoms with Gasteiger partial charge in [-0.15, -0.1) is 6.58 Å². The van der Waals surface area contributed by atoms with Gasteiger partial charge >= 0.3 is 5.97 Å². The zero-order valence-corrected chi connectivity index (χ0v) is 12.0. The Bertz CT molecular complexity index is 266. The van der Waals surface area contributed by atoms with Gasteiger partial charge in [-0.25, -0.2) is 4.79 Å². The van der Waals surface area contributed by atoms with Crippen LogP contribution in [0.3, 0.4) is 0 Å². The first-order valence-electron chi connectivity index (χ1n) is 6.37. The van der Waals surface area contributed by atoms with E-state index < -0.39 is 0 Å². The minimum atomic E-state index is -0.340. The van der Waals surface area contributed by atoms with Gasteiger partial charge in [0.15, 0.2) is 0 Å². The molecule has 0 heterocycles. The molecule has 19 heavy (non-hydrogen) atoms. The number of carbonyl (C=O) groups is 2. The van der Waals surface area contributed by atoms with E-state index >= 15 is 0 Å². The third-order valence-electron chi connectivity index (χ3n) is 2.77.